The van der Waals surface area contributed by atoms with Gasteiger partial charge in [-0.3, -0.25) is 4.90 Å². The van der Waals surface area contributed by atoms with Gasteiger partial charge in [-0.15, -0.1) is 0 Å². The molecule has 1 aliphatic rings. The molecule has 0 amide bonds. The van der Waals surface area contributed by atoms with Crippen molar-refractivity contribution in [2.75, 3.05) is 33.3 Å². The summed E-state index contributed by atoms with van der Waals surface area (Å²) in [5, 5.41) is 15.1. The molecule has 0 radical (unpaired) electrons. The second-order valence-corrected chi connectivity index (χ2v) is 5.57. The van der Waals surface area contributed by atoms with Crippen molar-refractivity contribution >= 4 is 10.8 Å². The van der Waals surface area contributed by atoms with Crippen LogP contribution in [0.2, 0.25) is 0 Å². The van der Waals surface area contributed by atoms with E-state index in [4.69, 9.17) is 4.74 Å². The van der Waals surface area contributed by atoms with Gasteiger partial charge in [-0.05, 0) is 16.8 Å². The third-order valence-electron chi connectivity index (χ3n) is 4.36. The first-order chi connectivity index (χ1) is 10.8. The molecule has 0 aliphatic carbocycles. The van der Waals surface area contributed by atoms with Crippen molar-refractivity contribution in [3.8, 4) is 11.8 Å². The highest BCUT2D eigenvalue weighted by Crippen LogP contribution is 2.37. The summed E-state index contributed by atoms with van der Waals surface area (Å²) in [6, 6.07) is 14.9. The summed E-state index contributed by atoms with van der Waals surface area (Å²) in [6.45, 7) is 3.85. The van der Waals surface area contributed by atoms with Crippen LogP contribution in [0.5, 0.6) is 5.75 Å². The van der Waals surface area contributed by atoms with Crippen molar-refractivity contribution < 1.29 is 4.74 Å². The average molecular weight is 295 g/mol. The van der Waals surface area contributed by atoms with Crippen LogP contribution in [0, 0.1) is 11.3 Å². The Kier molecular flexibility index (Phi) is 4.57. The molecule has 4 heteroatoms. The molecule has 0 spiro atoms. The molecule has 1 aliphatic heterocycles. The summed E-state index contributed by atoms with van der Waals surface area (Å²) in [7, 11) is 1.70. The Bertz CT molecular complexity index is 686. The lowest BCUT2D eigenvalue weighted by molar-refractivity contribution is 0.174. The first kappa shape index (κ1) is 14.8. The van der Waals surface area contributed by atoms with Gasteiger partial charge in [0.05, 0.1) is 25.6 Å². The maximum Gasteiger partial charge on any atom is 0.124 e. The zero-order valence-electron chi connectivity index (χ0n) is 12.9. The largest absolute Gasteiger partial charge is 0.496 e. The van der Waals surface area contributed by atoms with Crippen molar-refractivity contribution in [2.45, 2.75) is 12.5 Å². The summed E-state index contributed by atoms with van der Waals surface area (Å²) in [5.41, 5.74) is 1.14. The number of nitrogens with one attached hydrogen (secondary N) is 1. The van der Waals surface area contributed by atoms with Crippen molar-refractivity contribution in [1.29, 1.82) is 5.26 Å². The lowest BCUT2D eigenvalue weighted by atomic mass is 9.94. The molecule has 1 fully saturated rings. The minimum Gasteiger partial charge on any atom is -0.496 e. The zero-order chi connectivity index (χ0) is 15.4. The van der Waals surface area contributed by atoms with Crippen LogP contribution in [0.25, 0.3) is 10.8 Å². The Labute approximate surface area is 131 Å². The third-order valence-corrected chi connectivity index (χ3v) is 4.36. The van der Waals surface area contributed by atoms with E-state index in [2.05, 4.69) is 34.5 Å². The van der Waals surface area contributed by atoms with Crippen molar-refractivity contribution in [1.82, 2.24) is 10.2 Å². The fourth-order valence-electron chi connectivity index (χ4n) is 3.29. The topological polar surface area (TPSA) is 48.3 Å². The molecule has 22 heavy (non-hydrogen) atoms. The van der Waals surface area contributed by atoms with Crippen LogP contribution in [0.3, 0.4) is 0 Å². The van der Waals surface area contributed by atoms with Gasteiger partial charge in [0, 0.05) is 31.7 Å². The number of hydrogen-bond acceptors (Lipinski definition) is 4. The number of ether oxygens (including phenoxy) is 1. The highest BCUT2D eigenvalue weighted by Gasteiger charge is 2.26. The van der Waals surface area contributed by atoms with Gasteiger partial charge in [0.25, 0.3) is 0 Å². The number of benzene rings is 2. The van der Waals surface area contributed by atoms with E-state index < -0.39 is 0 Å². The molecule has 1 heterocycles. The molecular formula is C18H21N3O. The normalized spacial score (nSPS) is 17.1. The van der Waals surface area contributed by atoms with Crippen LogP contribution in [0.4, 0.5) is 0 Å². The van der Waals surface area contributed by atoms with E-state index >= 15 is 0 Å². The fraction of sp³-hybridized carbons (Fsp3) is 0.389. The Morgan fingerprint density at radius 3 is 2.73 bits per heavy atom. The van der Waals surface area contributed by atoms with Crippen LogP contribution < -0.4 is 10.1 Å². The van der Waals surface area contributed by atoms with Gasteiger partial charge in [-0.25, -0.2) is 0 Å². The van der Waals surface area contributed by atoms with Gasteiger partial charge in [-0.1, -0.05) is 30.3 Å². The molecule has 114 valence electrons. The second-order valence-electron chi connectivity index (χ2n) is 5.57. The SMILES string of the molecule is COc1ccc2ccccc2c1[C@H](CC#N)N1CCNCC1. The summed E-state index contributed by atoms with van der Waals surface area (Å²) in [5.74, 6) is 0.873. The summed E-state index contributed by atoms with van der Waals surface area (Å²) < 4.78 is 5.62. The molecule has 0 unspecified atom stereocenters. The second kappa shape index (κ2) is 6.78. The molecule has 2 aromatic rings. The molecule has 1 saturated heterocycles. The minimum absolute atomic E-state index is 0.0770. The molecule has 1 N–H and O–H groups in total. The maximum atomic E-state index is 9.33. The van der Waals surface area contributed by atoms with Gasteiger partial charge < -0.3 is 10.1 Å². The summed E-state index contributed by atoms with van der Waals surface area (Å²) in [6.07, 6.45) is 0.477. The van der Waals surface area contributed by atoms with E-state index in [1.807, 2.05) is 18.2 Å². The molecule has 3 rings (SSSR count). The van der Waals surface area contributed by atoms with Crippen LogP contribution in [-0.4, -0.2) is 38.2 Å². The smallest absolute Gasteiger partial charge is 0.124 e. The number of hydrogen-bond donors (Lipinski definition) is 1. The summed E-state index contributed by atoms with van der Waals surface area (Å²) >= 11 is 0. The van der Waals surface area contributed by atoms with Crippen molar-refractivity contribution in [2.24, 2.45) is 0 Å². The number of fused-ring (bicyclic) bond motifs is 1. The van der Waals surface area contributed by atoms with E-state index in [9.17, 15) is 5.26 Å². The first-order valence-corrected chi connectivity index (χ1v) is 7.72. The molecule has 0 aromatic heterocycles. The zero-order valence-corrected chi connectivity index (χ0v) is 12.9. The van der Waals surface area contributed by atoms with Crippen molar-refractivity contribution in [3.63, 3.8) is 0 Å². The molecule has 1 atom stereocenters. The van der Waals surface area contributed by atoms with Crippen LogP contribution in [0.1, 0.15) is 18.0 Å². The predicted octanol–water partition coefficient (Wildman–Crippen LogP) is 2.71. The van der Waals surface area contributed by atoms with Crippen LogP contribution in [0.15, 0.2) is 36.4 Å². The quantitative estimate of drug-likeness (QED) is 0.942. The third kappa shape index (κ3) is 2.78. The van der Waals surface area contributed by atoms with Gasteiger partial charge in [0.15, 0.2) is 0 Å². The summed E-state index contributed by atoms with van der Waals surface area (Å²) in [4.78, 5) is 2.39. The Morgan fingerprint density at radius 2 is 2.00 bits per heavy atom. The number of rotatable bonds is 4. The molecule has 2 aromatic carbocycles. The number of piperazine rings is 1. The highest BCUT2D eigenvalue weighted by molar-refractivity contribution is 5.88. The Morgan fingerprint density at radius 1 is 1.23 bits per heavy atom. The molecule has 0 bridgehead atoms. The monoisotopic (exact) mass is 295 g/mol. The minimum atomic E-state index is 0.0770. The molecule has 0 saturated carbocycles. The lowest BCUT2D eigenvalue weighted by Crippen LogP contribution is -2.45. The van der Waals surface area contributed by atoms with E-state index in [-0.39, 0.29) is 6.04 Å². The number of methoxy groups -OCH3 is 1. The Balaban J connectivity index is 2.13. The molecular weight excluding hydrogens is 274 g/mol. The fourth-order valence-corrected chi connectivity index (χ4v) is 3.29. The standard InChI is InChI=1S/C18H21N3O/c1-22-17-7-6-14-4-2-3-5-15(14)18(17)16(8-9-19)21-12-10-20-11-13-21/h2-7,16,20H,8,10-13H2,1H3/t16-/m0/s1. The van der Waals surface area contributed by atoms with Gasteiger partial charge in [-0.2, -0.15) is 5.26 Å². The van der Waals surface area contributed by atoms with Gasteiger partial charge in [0.2, 0.25) is 0 Å². The van der Waals surface area contributed by atoms with Crippen molar-refractivity contribution in [3.05, 3.63) is 42.0 Å². The first-order valence-electron chi connectivity index (χ1n) is 7.72. The number of nitrogens with zero attached hydrogens (tertiary/aromatic N) is 2. The van der Waals surface area contributed by atoms with E-state index in [1.165, 1.54) is 10.8 Å². The highest BCUT2D eigenvalue weighted by atomic mass is 16.5. The van der Waals surface area contributed by atoms with Gasteiger partial charge >= 0.3 is 0 Å². The molecule has 4 nitrogen and oxygen atoms in total. The van der Waals surface area contributed by atoms with Crippen LogP contribution in [-0.2, 0) is 0 Å². The lowest BCUT2D eigenvalue weighted by Gasteiger charge is -2.35. The van der Waals surface area contributed by atoms with E-state index in [1.54, 1.807) is 7.11 Å². The average Bonchev–Trinajstić information content (AvgIpc) is 2.59. The van der Waals surface area contributed by atoms with Crippen LogP contribution >= 0.6 is 0 Å². The Hall–Kier alpha value is -2.09. The van der Waals surface area contributed by atoms with E-state index in [0.29, 0.717) is 6.42 Å². The number of nitriles is 1. The maximum absolute atomic E-state index is 9.33. The van der Waals surface area contributed by atoms with Gasteiger partial charge in [0.1, 0.15) is 5.75 Å². The predicted molar refractivity (Wildman–Crippen MR) is 87.9 cm³/mol. The van der Waals surface area contributed by atoms with E-state index in [0.717, 1.165) is 37.5 Å².